The van der Waals surface area contributed by atoms with Gasteiger partial charge in [0.2, 0.25) is 0 Å². The summed E-state index contributed by atoms with van der Waals surface area (Å²) >= 11 is 2.16. The number of allylic oxidation sites excluding steroid dienone is 1. The highest BCUT2D eigenvalue weighted by Gasteiger charge is 2.17. The Bertz CT molecular complexity index is 279. The van der Waals surface area contributed by atoms with Crippen molar-refractivity contribution in [2.45, 2.75) is 38.8 Å². The minimum Gasteiger partial charge on any atom is -0.600 e. The molecule has 0 aliphatic heterocycles. The minimum absolute atomic E-state index is 0.146. The summed E-state index contributed by atoms with van der Waals surface area (Å²) in [5.74, 6) is 0. The second kappa shape index (κ2) is 8.49. The Morgan fingerprint density at radius 2 is 2.31 bits per heavy atom. The van der Waals surface area contributed by atoms with Crippen LogP contribution >= 0.6 is 22.6 Å². The predicted octanol–water partition coefficient (Wildman–Crippen LogP) is 2.96. The molecule has 6 heteroatoms. The van der Waals surface area contributed by atoms with Gasteiger partial charge in [0.25, 0.3) is 0 Å². The molecule has 0 rings (SSSR count). The van der Waals surface area contributed by atoms with Crippen molar-refractivity contribution in [1.82, 2.24) is 0 Å². The molecule has 1 N–H and O–H groups in total. The van der Waals surface area contributed by atoms with E-state index in [1.807, 2.05) is 0 Å². The summed E-state index contributed by atoms with van der Waals surface area (Å²) in [4.78, 5) is 0.718. The largest absolute Gasteiger partial charge is 0.600 e. The standard InChI is InChI=1S/C10H18IN3O2/c1-4-5-6-10(7-11)14(16)12-8(2)9(3)13-15/h4,8,10,15H,1,5-7H2,2-3H3. The molecule has 0 aliphatic rings. The number of hydrogen-bond donors (Lipinski definition) is 1. The molecule has 0 radical (unpaired) electrons. The van der Waals surface area contributed by atoms with Crippen LogP contribution in [0.3, 0.4) is 0 Å². The van der Waals surface area contributed by atoms with Crippen LogP contribution in [0.4, 0.5) is 0 Å². The van der Waals surface area contributed by atoms with Crippen molar-refractivity contribution in [3.8, 4) is 0 Å². The highest BCUT2D eigenvalue weighted by atomic mass is 127. The van der Waals surface area contributed by atoms with Crippen molar-refractivity contribution in [2.75, 3.05) is 4.43 Å². The molecule has 0 saturated carbocycles. The molecule has 2 unspecified atom stereocenters. The molecule has 92 valence electrons. The maximum absolute atomic E-state index is 11.7. The average Bonchev–Trinajstić information content (AvgIpc) is 2.28. The monoisotopic (exact) mass is 339 g/mol. The molecule has 16 heavy (non-hydrogen) atoms. The third-order valence-corrected chi connectivity index (χ3v) is 3.26. The summed E-state index contributed by atoms with van der Waals surface area (Å²) in [6.07, 6.45) is 3.32. The summed E-state index contributed by atoms with van der Waals surface area (Å²) in [5, 5.41) is 27.2. The van der Waals surface area contributed by atoms with Gasteiger partial charge in [-0.3, -0.25) is 0 Å². The lowest BCUT2D eigenvalue weighted by molar-refractivity contribution is -0.565. The normalized spacial score (nSPS) is 16.9. The predicted molar refractivity (Wildman–Crippen MR) is 72.5 cm³/mol. The van der Waals surface area contributed by atoms with Crippen molar-refractivity contribution in [2.24, 2.45) is 10.3 Å². The topological polar surface area (TPSA) is 71.0 Å². The lowest BCUT2D eigenvalue weighted by Crippen LogP contribution is -2.25. The minimum atomic E-state index is -0.392. The molecule has 0 aromatic rings. The fourth-order valence-electron chi connectivity index (χ4n) is 0.989. The Kier molecular flexibility index (Phi) is 8.14. The first-order chi connectivity index (χ1) is 7.56. The number of nitrogens with zero attached hydrogens (tertiary/aromatic N) is 3. The van der Waals surface area contributed by atoms with E-state index in [0.29, 0.717) is 10.1 Å². The van der Waals surface area contributed by atoms with Crippen LogP contribution in [0.5, 0.6) is 0 Å². The van der Waals surface area contributed by atoms with Gasteiger partial charge in [-0.05, 0) is 25.4 Å². The first-order valence-electron chi connectivity index (χ1n) is 5.09. The van der Waals surface area contributed by atoms with Gasteiger partial charge in [0.1, 0.15) is 0 Å². The zero-order valence-corrected chi connectivity index (χ0v) is 11.8. The Hall–Kier alpha value is -0.660. The lowest BCUT2D eigenvalue weighted by atomic mass is 10.2. The summed E-state index contributed by atoms with van der Waals surface area (Å²) < 4.78 is 0.709. The van der Waals surface area contributed by atoms with E-state index < -0.39 is 6.04 Å². The van der Waals surface area contributed by atoms with Crippen molar-refractivity contribution in [1.29, 1.82) is 0 Å². The molecular formula is C10H18IN3O2. The van der Waals surface area contributed by atoms with Crippen molar-refractivity contribution in [3.05, 3.63) is 17.9 Å². The number of halogens is 1. The molecule has 0 spiro atoms. The van der Waals surface area contributed by atoms with Crippen molar-refractivity contribution >= 4 is 28.3 Å². The third kappa shape index (κ3) is 5.43. The van der Waals surface area contributed by atoms with Crippen LogP contribution in [-0.4, -0.2) is 32.3 Å². The molecule has 0 saturated heterocycles. The average molecular weight is 339 g/mol. The fraction of sp³-hybridized carbons (Fsp3) is 0.700. The molecule has 2 atom stereocenters. The van der Waals surface area contributed by atoms with Crippen molar-refractivity contribution < 1.29 is 10.1 Å². The van der Waals surface area contributed by atoms with Crippen LogP contribution < -0.4 is 0 Å². The highest BCUT2D eigenvalue weighted by molar-refractivity contribution is 14.1. The summed E-state index contributed by atoms with van der Waals surface area (Å²) in [5.41, 5.74) is 0.428. The van der Waals surface area contributed by atoms with Gasteiger partial charge in [0.15, 0.2) is 12.1 Å². The molecule has 0 aromatic heterocycles. The van der Waals surface area contributed by atoms with E-state index in [-0.39, 0.29) is 6.04 Å². The van der Waals surface area contributed by atoms with E-state index in [1.54, 1.807) is 19.9 Å². The van der Waals surface area contributed by atoms with Gasteiger partial charge in [-0.1, -0.05) is 38.7 Å². The summed E-state index contributed by atoms with van der Waals surface area (Å²) in [7, 11) is 0. The molecule has 0 amide bonds. The van der Waals surface area contributed by atoms with Gasteiger partial charge < -0.3 is 10.4 Å². The van der Waals surface area contributed by atoms with E-state index in [1.165, 1.54) is 0 Å². The number of hydroxylamine groups is 1. The number of azo groups is 1. The second-order valence-electron chi connectivity index (χ2n) is 3.51. The van der Waals surface area contributed by atoms with Crippen LogP contribution in [0, 0.1) is 5.21 Å². The molecule has 0 heterocycles. The first kappa shape index (κ1) is 15.3. The lowest BCUT2D eigenvalue weighted by Gasteiger charge is -2.12. The summed E-state index contributed by atoms with van der Waals surface area (Å²) in [6.45, 7) is 6.97. The molecule has 0 aromatic carbocycles. The Morgan fingerprint density at radius 3 is 2.75 bits per heavy atom. The molecule has 0 aliphatic carbocycles. The third-order valence-electron chi connectivity index (χ3n) is 2.24. The zero-order chi connectivity index (χ0) is 12.6. The van der Waals surface area contributed by atoms with E-state index in [2.05, 4.69) is 39.4 Å². The fourth-order valence-corrected chi connectivity index (χ4v) is 1.77. The van der Waals surface area contributed by atoms with Crippen LogP contribution in [0.2, 0.25) is 0 Å². The van der Waals surface area contributed by atoms with Crippen LogP contribution in [0.25, 0.3) is 0 Å². The van der Waals surface area contributed by atoms with E-state index in [9.17, 15) is 5.21 Å². The Morgan fingerprint density at radius 1 is 1.69 bits per heavy atom. The number of oxime groups is 1. The second-order valence-corrected chi connectivity index (χ2v) is 4.39. The van der Waals surface area contributed by atoms with Crippen LogP contribution in [0.1, 0.15) is 26.7 Å². The van der Waals surface area contributed by atoms with E-state index >= 15 is 0 Å². The smallest absolute Gasteiger partial charge is 0.199 e. The first-order valence-corrected chi connectivity index (χ1v) is 6.61. The maximum atomic E-state index is 11.7. The summed E-state index contributed by atoms with van der Waals surface area (Å²) in [6, 6.07) is -0.538. The number of alkyl halides is 1. The van der Waals surface area contributed by atoms with Gasteiger partial charge in [0, 0.05) is 6.42 Å². The Labute approximate surface area is 110 Å². The van der Waals surface area contributed by atoms with E-state index in [0.717, 1.165) is 17.7 Å². The number of rotatable bonds is 7. The zero-order valence-electron chi connectivity index (χ0n) is 9.64. The van der Waals surface area contributed by atoms with Crippen molar-refractivity contribution in [3.63, 3.8) is 0 Å². The molecule has 0 bridgehead atoms. The van der Waals surface area contributed by atoms with E-state index in [4.69, 9.17) is 5.21 Å². The SMILES string of the molecule is C=CCCC(CI)[N+]([O-])=NC(C)C(C)=NO. The van der Waals surface area contributed by atoms with Gasteiger partial charge in [0.05, 0.1) is 10.1 Å². The van der Waals surface area contributed by atoms with Crippen LogP contribution in [0.15, 0.2) is 22.9 Å². The maximum Gasteiger partial charge on any atom is 0.199 e. The Balaban J connectivity index is 4.53. The van der Waals surface area contributed by atoms with Crippen LogP contribution in [-0.2, 0) is 0 Å². The molecular weight excluding hydrogens is 321 g/mol. The number of hydrogen-bond acceptors (Lipinski definition) is 4. The molecule has 0 fully saturated rings. The van der Waals surface area contributed by atoms with Gasteiger partial charge in [-0.25, -0.2) is 0 Å². The quantitative estimate of drug-likeness (QED) is 0.113. The molecule has 5 nitrogen and oxygen atoms in total. The van der Waals surface area contributed by atoms with Gasteiger partial charge >= 0.3 is 0 Å². The highest BCUT2D eigenvalue weighted by Crippen LogP contribution is 2.08. The van der Waals surface area contributed by atoms with Gasteiger partial charge in [-0.2, -0.15) is 0 Å². The van der Waals surface area contributed by atoms with Gasteiger partial charge in [-0.15, -0.1) is 6.58 Å².